The van der Waals surface area contributed by atoms with Gasteiger partial charge >= 0.3 is 0 Å². The highest BCUT2D eigenvalue weighted by molar-refractivity contribution is 6.04. The molecule has 0 saturated heterocycles. The van der Waals surface area contributed by atoms with Crippen LogP contribution in [0.1, 0.15) is 15.9 Å². The maximum absolute atomic E-state index is 12.4. The molecule has 0 radical (unpaired) electrons. The van der Waals surface area contributed by atoms with Crippen molar-refractivity contribution >= 4 is 16.9 Å². The van der Waals surface area contributed by atoms with E-state index in [9.17, 15) is 4.79 Å². The summed E-state index contributed by atoms with van der Waals surface area (Å²) in [5.41, 5.74) is 2.74. The van der Waals surface area contributed by atoms with Gasteiger partial charge in [-0.2, -0.15) is 0 Å². The molecule has 0 atom stereocenters. The Hall–Kier alpha value is -3.15. The van der Waals surface area contributed by atoms with Crippen LogP contribution in [0.2, 0.25) is 0 Å². The van der Waals surface area contributed by atoms with Gasteiger partial charge in [0.2, 0.25) is 6.79 Å². The van der Waals surface area contributed by atoms with E-state index in [4.69, 9.17) is 9.47 Å². The Morgan fingerprint density at radius 3 is 2.91 bits per heavy atom. The number of nitrogens with zero attached hydrogens (tertiary/aromatic N) is 2. The molecular weight excluding hydrogens is 294 g/mol. The average Bonchev–Trinajstić information content (AvgIpc) is 3.07. The second-order valence-electron chi connectivity index (χ2n) is 5.10. The first-order valence-electron chi connectivity index (χ1n) is 7.18. The number of rotatable bonds is 3. The van der Waals surface area contributed by atoms with Crippen molar-refractivity contribution in [1.29, 1.82) is 0 Å². The lowest BCUT2D eigenvalue weighted by atomic mass is 10.1. The molecule has 3 aromatic rings. The van der Waals surface area contributed by atoms with E-state index in [2.05, 4.69) is 15.3 Å². The Morgan fingerprint density at radius 2 is 1.96 bits per heavy atom. The number of amides is 1. The molecule has 0 spiro atoms. The van der Waals surface area contributed by atoms with Gasteiger partial charge in [-0.15, -0.1) is 0 Å². The number of ether oxygens (including phenoxy) is 2. The molecule has 0 unspecified atom stereocenters. The van der Waals surface area contributed by atoms with Gasteiger partial charge in [-0.3, -0.25) is 14.8 Å². The molecule has 1 aliphatic rings. The molecule has 1 amide bonds. The lowest BCUT2D eigenvalue weighted by Crippen LogP contribution is -2.23. The molecule has 0 aliphatic carbocycles. The number of para-hydroxylation sites is 1. The quantitative estimate of drug-likeness (QED) is 0.803. The van der Waals surface area contributed by atoms with Crippen LogP contribution >= 0.6 is 0 Å². The number of carbonyl (C=O) groups is 1. The Morgan fingerprint density at radius 1 is 1.09 bits per heavy atom. The van der Waals surface area contributed by atoms with Gasteiger partial charge in [0, 0.05) is 18.9 Å². The summed E-state index contributed by atoms with van der Waals surface area (Å²) in [5, 5.41) is 2.90. The monoisotopic (exact) mass is 307 g/mol. The second-order valence-corrected chi connectivity index (χ2v) is 5.10. The predicted molar refractivity (Wildman–Crippen MR) is 83.3 cm³/mol. The minimum Gasteiger partial charge on any atom is -0.454 e. The maximum atomic E-state index is 12.4. The van der Waals surface area contributed by atoms with E-state index in [1.54, 1.807) is 24.5 Å². The van der Waals surface area contributed by atoms with Crippen molar-refractivity contribution < 1.29 is 14.3 Å². The van der Waals surface area contributed by atoms with Crippen molar-refractivity contribution in [3.63, 3.8) is 0 Å². The molecule has 2 aromatic carbocycles. The van der Waals surface area contributed by atoms with E-state index in [0.29, 0.717) is 28.9 Å². The highest BCUT2D eigenvalue weighted by Crippen LogP contribution is 2.32. The van der Waals surface area contributed by atoms with Crippen LogP contribution in [-0.4, -0.2) is 22.7 Å². The van der Waals surface area contributed by atoms with Crippen LogP contribution in [0.3, 0.4) is 0 Å². The highest BCUT2D eigenvalue weighted by Gasteiger charge is 2.14. The van der Waals surface area contributed by atoms with Crippen molar-refractivity contribution in [2.45, 2.75) is 6.54 Å². The van der Waals surface area contributed by atoms with Crippen molar-refractivity contribution in [1.82, 2.24) is 15.3 Å². The van der Waals surface area contributed by atoms with Gasteiger partial charge in [0.15, 0.2) is 11.5 Å². The summed E-state index contributed by atoms with van der Waals surface area (Å²) in [6.45, 7) is 0.631. The second kappa shape index (κ2) is 5.57. The fourth-order valence-corrected chi connectivity index (χ4v) is 2.50. The lowest BCUT2D eigenvalue weighted by molar-refractivity contribution is 0.0952. The Labute approximate surface area is 132 Å². The van der Waals surface area contributed by atoms with Crippen LogP contribution in [0.5, 0.6) is 11.5 Å². The van der Waals surface area contributed by atoms with Crippen molar-refractivity contribution in [2.24, 2.45) is 0 Å². The van der Waals surface area contributed by atoms with E-state index in [-0.39, 0.29) is 12.7 Å². The molecule has 2 heterocycles. The van der Waals surface area contributed by atoms with E-state index in [0.717, 1.165) is 11.3 Å². The minimum absolute atomic E-state index is 0.186. The third kappa shape index (κ3) is 2.55. The lowest BCUT2D eigenvalue weighted by Gasteiger charge is -2.08. The van der Waals surface area contributed by atoms with Crippen LogP contribution in [0.15, 0.2) is 48.8 Å². The van der Waals surface area contributed by atoms with Gasteiger partial charge in [0.25, 0.3) is 5.91 Å². The summed E-state index contributed by atoms with van der Waals surface area (Å²) >= 11 is 0. The molecule has 1 N–H and O–H groups in total. The van der Waals surface area contributed by atoms with Crippen LogP contribution in [0.25, 0.3) is 11.0 Å². The summed E-state index contributed by atoms with van der Waals surface area (Å²) in [4.78, 5) is 20.9. The topological polar surface area (TPSA) is 73.3 Å². The molecule has 4 rings (SSSR count). The van der Waals surface area contributed by atoms with Gasteiger partial charge in [0.05, 0.1) is 11.1 Å². The average molecular weight is 307 g/mol. The molecular formula is C17H13N3O3. The zero-order valence-corrected chi connectivity index (χ0v) is 12.2. The van der Waals surface area contributed by atoms with Crippen LogP contribution in [-0.2, 0) is 6.54 Å². The van der Waals surface area contributed by atoms with E-state index < -0.39 is 0 Å². The number of hydrogen-bond donors (Lipinski definition) is 1. The van der Waals surface area contributed by atoms with Gasteiger partial charge < -0.3 is 14.8 Å². The summed E-state index contributed by atoms with van der Waals surface area (Å²) in [5.74, 6) is 1.24. The molecule has 0 fully saturated rings. The molecule has 0 saturated carbocycles. The molecule has 1 aliphatic heterocycles. The highest BCUT2D eigenvalue weighted by atomic mass is 16.7. The first-order chi connectivity index (χ1) is 11.3. The third-order valence-electron chi connectivity index (χ3n) is 3.63. The number of aromatic nitrogens is 2. The number of carbonyl (C=O) groups excluding carboxylic acids is 1. The van der Waals surface area contributed by atoms with E-state index in [1.165, 1.54) is 0 Å². The zero-order chi connectivity index (χ0) is 15.6. The Bertz CT molecular complexity index is 890. The van der Waals surface area contributed by atoms with E-state index >= 15 is 0 Å². The summed E-state index contributed by atoms with van der Waals surface area (Å²) in [6, 6.07) is 11.0. The van der Waals surface area contributed by atoms with Crippen LogP contribution in [0, 0.1) is 0 Å². The number of hydrogen-bond acceptors (Lipinski definition) is 5. The van der Waals surface area contributed by atoms with Gasteiger partial charge in [-0.05, 0) is 29.8 Å². The van der Waals surface area contributed by atoms with E-state index in [1.807, 2.05) is 24.3 Å². The standard InChI is InChI=1S/C17H13N3O3/c21-17(12-2-1-3-13-16(12)19-7-6-18-13)20-9-11-4-5-14-15(8-11)23-10-22-14/h1-8H,9-10H2,(H,20,21). The molecule has 6 heteroatoms. The smallest absolute Gasteiger partial charge is 0.253 e. The molecule has 23 heavy (non-hydrogen) atoms. The van der Waals surface area contributed by atoms with Crippen LogP contribution in [0.4, 0.5) is 0 Å². The Balaban J connectivity index is 1.53. The number of nitrogens with one attached hydrogen (secondary N) is 1. The first kappa shape index (κ1) is 13.5. The number of benzene rings is 2. The van der Waals surface area contributed by atoms with Gasteiger partial charge in [-0.1, -0.05) is 12.1 Å². The molecule has 1 aromatic heterocycles. The first-order valence-corrected chi connectivity index (χ1v) is 7.18. The maximum Gasteiger partial charge on any atom is 0.253 e. The van der Waals surface area contributed by atoms with Crippen molar-refractivity contribution in [2.75, 3.05) is 6.79 Å². The fraction of sp³-hybridized carbons (Fsp3) is 0.118. The van der Waals surface area contributed by atoms with Crippen molar-refractivity contribution in [3.8, 4) is 11.5 Å². The number of fused-ring (bicyclic) bond motifs is 2. The summed E-state index contributed by atoms with van der Waals surface area (Å²) in [6.07, 6.45) is 3.19. The summed E-state index contributed by atoms with van der Waals surface area (Å²) < 4.78 is 10.6. The third-order valence-corrected chi connectivity index (χ3v) is 3.63. The van der Waals surface area contributed by atoms with Crippen LogP contribution < -0.4 is 14.8 Å². The fourth-order valence-electron chi connectivity index (χ4n) is 2.50. The summed E-state index contributed by atoms with van der Waals surface area (Å²) in [7, 11) is 0. The molecule has 6 nitrogen and oxygen atoms in total. The van der Waals surface area contributed by atoms with Gasteiger partial charge in [0.1, 0.15) is 5.52 Å². The predicted octanol–water partition coefficient (Wildman–Crippen LogP) is 2.29. The van der Waals surface area contributed by atoms with Crippen molar-refractivity contribution in [3.05, 3.63) is 59.9 Å². The largest absolute Gasteiger partial charge is 0.454 e. The normalized spacial score (nSPS) is 12.3. The molecule has 0 bridgehead atoms. The molecule has 114 valence electrons. The SMILES string of the molecule is O=C(NCc1ccc2c(c1)OCO2)c1cccc2nccnc12. The minimum atomic E-state index is -0.186. The Kier molecular flexibility index (Phi) is 3.27. The zero-order valence-electron chi connectivity index (χ0n) is 12.2. The van der Waals surface area contributed by atoms with Gasteiger partial charge in [-0.25, -0.2) is 0 Å².